The molecule has 0 aliphatic heterocycles. The number of amides is 2. The first-order valence-electron chi connectivity index (χ1n) is 6.21. The maximum absolute atomic E-state index is 11.2. The summed E-state index contributed by atoms with van der Waals surface area (Å²) in [4.78, 5) is 26.1. The van der Waals surface area contributed by atoms with E-state index in [4.69, 9.17) is 32.7 Å². The lowest BCUT2D eigenvalue weighted by atomic mass is 10.0. The predicted molar refractivity (Wildman–Crippen MR) is 81.1 cm³/mol. The number of anilines is 1. The molecule has 2 amide bonds. The highest BCUT2D eigenvalue weighted by Gasteiger charge is 2.30. The quantitative estimate of drug-likeness (QED) is 0.449. The molecule has 8 nitrogen and oxygen atoms in total. The van der Waals surface area contributed by atoms with Gasteiger partial charge in [-0.1, -0.05) is 11.6 Å². The van der Waals surface area contributed by atoms with E-state index in [9.17, 15) is 9.59 Å². The van der Waals surface area contributed by atoms with Crippen LogP contribution in [-0.2, 0) is 4.79 Å². The van der Waals surface area contributed by atoms with Crippen LogP contribution in [0.3, 0.4) is 0 Å². The second-order valence-corrected chi connectivity index (χ2v) is 4.95. The van der Waals surface area contributed by atoms with Gasteiger partial charge < -0.3 is 21.1 Å². The first-order chi connectivity index (χ1) is 10.7. The molecular formula is C14H12ClN3O5. The monoisotopic (exact) mass is 337 g/mol. The summed E-state index contributed by atoms with van der Waals surface area (Å²) in [6.45, 7) is 0. The van der Waals surface area contributed by atoms with Gasteiger partial charge in [-0.25, -0.2) is 9.88 Å². The Hall–Kier alpha value is -2.52. The molecule has 9 heteroatoms. The van der Waals surface area contributed by atoms with E-state index in [1.165, 1.54) is 36.5 Å². The van der Waals surface area contributed by atoms with Gasteiger partial charge in [0.2, 0.25) is 12.3 Å². The van der Waals surface area contributed by atoms with E-state index in [1.54, 1.807) is 0 Å². The molecule has 0 fully saturated rings. The highest BCUT2D eigenvalue weighted by molar-refractivity contribution is 6.33. The molecule has 1 aromatic carbocycles. The number of benzene rings is 1. The first kappa shape index (κ1) is 16.8. The molecule has 5 N–H and O–H groups in total. The third-order valence-corrected chi connectivity index (χ3v) is 3.31. The van der Waals surface area contributed by atoms with E-state index in [-0.39, 0.29) is 22.7 Å². The van der Waals surface area contributed by atoms with Crippen LogP contribution in [-0.4, -0.2) is 38.7 Å². The molecule has 0 spiro atoms. The Labute approximate surface area is 135 Å². The fourth-order valence-electron chi connectivity index (χ4n) is 1.87. The van der Waals surface area contributed by atoms with Crippen molar-refractivity contribution in [3.8, 4) is 11.1 Å². The molecule has 0 bridgehead atoms. The number of aliphatic hydroxyl groups is 3. The minimum absolute atomic E-state index is 0.00267. The largest absolute Gasteiger partial charge is 0.377 e. The number of nitrogens with two attached hydrogens (primary N) is 1. The molecule has 0 aliphatic rings. The van der Waals surface area contributed by atoms with Gasteiger partial charge in [-0.3, -0.25) is 9.59 Å². The lowest BCUT2D eigenvalue weighted by Crippen LogP contribution is -2.48. The lowest BCUT2D eigenvalue weighted by molar-refractivity contribution is -0.305. The minimum atomic E-state index is -3.38. The van der Waals surface area contributed by atoms with Gasteiger partial charge in [0.15, 0.2) is 0 Å². The third-order valence-electron chi connectivity index (χ3n) is 2.99. The normalized spacial score (nSPS) is 11.1. The van der Waals surface area contributed by atoms with Gasteiger partial charge in [-0.15, -0.1) is 0 Å². The highest BCUT2D eigenvalue weighted by Crippen LogP contribution is 2.29. The molecule has 2 rings (SSSR count). The zero-order valence-corrected chi connectivity index (χ0v) is 12.3. The van der Waals surface area contributed by atoms with Gasteiger partial charge in [0.25, 0.3) is 0 Å². The third kappa shape index (κ3) is 3.63. The van der Waals surface area contributed by atoms with Gasteiger partial charge >= 0.3 is 6.10 Å². The van der Waals surface area contributed by atoms with E-state index < -0.39 is 12.0 Å². The smallest absolute Gasteiger partial charge is 0.366 e. The number of carbonyl (C=O) groups excluding carboxylic acids is 2. The first-order valence-corrected chi connectivity index (χ1v) is 6.59. The van der Waals surface area contributed by atoms with Crippen LogP contribution in [0.15, 0.2) is 36.5 Å². The zero-order valence-electron chi connectivity index (χ0n) is 11.5. The van der Waals surface area contributed by atoms with Gasteiger partial charge in [0, 0.05) is 27.9 Å². The number of aromatic nitrogens is 1. The number of carbonyl (C=O) groups is 2. The summed E-state index contributed by atoms with van der Waals surface area (Å²) in [6, 6.07) is 7.18. The minimum Gasteiger partial charge on any atom is -0.366 e. The van der Waals surface area contributed by atoms with E-state index in [0.29, 0.717) is 16.1 Å². The van der Waals surface area contributed by atoms with Gasteiger partial charge in [-0.05, 0) is 30.3 Å². The number of primary amides is 1. The van der Waals surface area contributed by atoms with Crippen molar-refractivity contribution in [1.82, 2.24) is 4.98 Å². The van der Waals surface area contributed by atoms with Crippen LogP contribution in [0.4, 0.5) is 5.82 Å². The Bertz CT molecular complexity index is 743. The van der Waals surface area contributed by atoms with Crippen molar-refractivity contribution in [2.45, 2.75) is 6.10 Å². The van der Waals surface area contributed by atoms with Crippen LogP contribution in [0.2, 0.25) is 5.02 Å². The molecule has 0 saturated heterocycles. The number of hydrogen-bond acceptors (Lipinski definition) is 6. The topological polar surface area (TPSA) is 137 Å². The molecule has 120 valence electrons. The van der Waals surface area contributed by atoms with Crippen molar-refractivity contribution in [2.75, 3.05) is 4.90 Å². The summed E-state index contributed by atoms with van der Waals surface area (Å²) in [5.41, 5.74) is 6.43. The van der Waals surface area contributed by atoms with Crippen molar-refractivity contribution in [3.63, 3.8) is 0 Å². The van der Waals surface area contributed by atoms with Crippen molar-refractivity contribution in [3.05, 3.63) is 47.1 Å². The second kappa shape index (κ2) is 6.31. The summed E-state index contributed by atoms with van der Waals surface area (Å²) in [6.07, 6.45) is -2.09. The fraction of sp³-hybridized carbons (Fsp3) is 0.0714. The molecule has 23 heavy (non-hydrogen) atoms. The lowest BCUT2D eigenvalue weighted by Gasteiger charge is -2.25. The molecule has 0 atom stereocenters. The number of nitrogens with zero attached hydrogens (tertiary/aromatic N) is 2. The second-order valence-electron chi connectivity index (χ2n) is 4.54. The fourth-order valence-corrected chi connectivity index (χ4v) is 2.09. The van der Waals surface area contributed by atoms with Crippen molar-refractivity contribution in [1.29, 1.82) is 0 Å². The number of hydrogen-bond donors (Lipinski definition) is 4. The average Bonchev–Trinajstić information content (AvgIpc) is 2.47. The maximum Gasteiger partial charge on any atom is 0.377 e. The van der Waals surface area contributed by atoms with Crippen LogP contribution >= 0.6 is 11.6 Å². The number of pyridine rings is 1. The maximum atomic E-state index is 11.2. The summed E-state index contributed by atoms with van der Waals surface area (Å²) in [5, 5.41) is 27.5. The van der Waals surface area contributed by atoms with E-state index in [1.807, 2.05) is 0 Å². The molecule has 0 aliphatic carbocycles. The Balaban J connectivity index is 2.42. The summed E-state index contributed by atoms with van der Waals surface area (Å²) in [7, 11) is 0. The van der Waals surface area contributed by atoms with E-state index >= 15 is 0 Å². The van der Waals surface area contributed by atoms with Crippen molar-refractivity contribution >= 4 is 29.7 Å². The highest BCUT2D eigenvalue weighted by atomic mass is 35.5. The summed E-state index contributed by atoms with van der Waals surface area (Å²) >= 11 is 6.07. The van der Waals surface area contributed by atoms with Crippen molar-refractivity contribution < 1.29 is 24.9 Å². The molecule has 0 unspecified atom stereocenters. The molecule has 0 saturated carbocycles. The van der Waals surface area contributed by atoms with E-state index in [2.05, 4.69) is 4.98 Å². The van der Waals surface area contributed by atoms with E-state index in [0.717, 1.165) is 0 Å². The molecule has 1 heterocycles. The summed E-state index contributed by atoms with van der Waals surface area (Å²) in [5.74, 6) is -0.830. The number of rotatable bonds is 5. The van der Waals surface area contributed by atoms with Crippen LogP contribution < -0.4 is 10.6 Å². The SMILES string of the molecule is NC(=O)c1ccc(Cl)c(-c2ccc(N(C=O)C(O)(O)O)nc2)c1. The number of halogens is 1. The zero-order chi connectivity index (χ0) is 17.2. The van der Waals surface area contributed by atoms with Gasteiger partial charge in [0.05, 0.1) is 0 Å². The summed E-state index contributed by atoms with van der Waals surface area (Å²) < 4.78 is 0. The molecule has 0 radical (unpaired) electrons. The Morgan fingerprint density at radius 2 is 1.96 bits per heavy atom. The predicted octanol–water partition coefficient (Wildman–Crippen LogP) is 0.0519. The van der Waals surface area contributed by atoms with Crippen molar-refractivity contribution in [2.24, 2.45) is 5.73 Å². The molecule has 1 aromatic heterocycles. The van der Waals surface area contributed by atoms with Crippen LogP contribution in [0.1, 0.15) is 10.4 Å². The Morgan fingerprint density at radius 1 is 1.26 bits per heavy atom. The average molecular weight is 338 g/mol. The van der Waals surface area contributed by atoms with Gasteiger partial charge in [-0.2, -0.15) is 0 Å². The molecular weight excluding hydrogens is 326 g/mol. The van der Waals surface area contributed by atoms with Crippen LogP contribution in [0.25, 0.3) is 11.1 Å². The standard InChI is InChI=1S/C14H12ClN3O5/c15-11-3-1-8(13(16)20)5-10(11)9-2-4-12(17-6-9)18(7-19)14(21,22)23/h1-7,21-23H,(H2,16,20). The van der Waals surface area contributed by atoms with Crippen LogP contribution in [0.5, 0.6) is 0 Å². The van der Waals surface area contributed by atoms with Crippen LogP contribution in [0, 0.1) is 0 Å². The van der Waals surface area contributed by atoms with Gasteiger partial charge in [0.1, 0.15) is 5.82 Å². The Morgan fingerprint density at radius 3 is 2.43 bits per heavy atom. The molecule has 2 aromatic rings. The Kier molecular flexibility index (Phi) is 4.62.